The second-order valence-electron chi connectivity index (χ2n) is 4.06. The number of rotatable bonds is 1. The van der Waals surface area contributed by atoms with Crippen LogP contribution in [-0.4, -0.2) is 23.1 Å². The topological polar surface area (TPSA) is 29.0 Å². The maximum atomic E-state index is 6.04. The molecule has 0 fully saturated rings. The van der Waals surface area contributed by atoms with Gasteiger partial charge in [0, 0.05) is 23.5 Å². The van der Waals surface area contributed by atoms with Crippen molar-refractivity contribution in [2.75, 3.05) is 18.0 Å². The molecule has 86 valence electrons. The summed E-state index contributed by atoms with van der Waals surface area (Å²) in [7, 11) is 0. The van der Waals surface area contributed by atoms with Crippen molar-refractivity contribution in [1.82, 2.24) is 9.97 Å². The summed E-state index contributed by atoms with van der Waals surface area (Å²) in [6.45, 7) is 1.90. The molecule has 0 radical (unpaired) electrons. The van der Waals surface area contributed by atoms with Crippen LogP contribution in [0.2, 0.25) is 5.02 Å². The molecule has 1 aromatic heterocycles. The minimum atomic E-state index is 0.723. The highest BCUT2D eigenvalue weighted by Crippen LogP contribution is 2.26. The fourth-order valence-electron chi connectivity index (χ4n) is 2.10. The lowest BCUT2D eigenvalue weighted by Gasteiger charge is -2.25. The molecule has 0 spiro atoms. The van der Waals surface area contributed by atoms with Crippen LogP contribution in [0.25, 0.3) is 10.9 Å². The minimum absolute atomic E-state index is 0.723. The highest BCUT2D eigenvalue weighted by Gasteiger charge is 2.12. The van der Waals surface area contributed by atoms with Crippen LogP contribution >= 0.6 is 11.6 Å². The van der Waals surface area contributed by atoms with Crippen molar-refractivity contribution in [3.05, 3.63) is 41.7 Å². The Morgan fingerprint density at radius 2 is 2.12 bits per heavy atom. The van der Waals surface area contributed by atoms with Gasteiger partial charge in [-0.1, -0.05) is 23.8 Å². The molecule has 3 rings (SSSR count). The van der Waals surface area contributed by atoms with Crippen molar-refractivity contribution < 1.29 is 0 Å². The zero-order valence-corrected chi connectivity index (χ0v) is 10.1. The second-order valence-corrected chi connectivity index (χ2v) is 4.50. The summed E-state index contributed by atoms with van der Waals surface area (Å²) in [6.07, 6.45) is 7.05. The molecule has 0 saturated heterocycles. The van der Waals surface area contributed by atoms with Crippen LogP contribution in [0.3, 0.4) is 0 Å². The largest absolute Gasteiger partial charge is 0.352 e. The van der Waals surface area contributed by atoms with E-state index in [0.29, 0.717) is 0 Å². The number of anilines is 1. The Labute approximate surface area is 105 Å². The van der Waals surface area contributed by atoms with E-state index in [1.54, 1.807) is 6.33 Å². The van der Waals surface area contributed by atoms with E-state index in [4.69, 9.17) is 11.6 Å². The van der Waals surface area contributed by atoms with Crippen LogP contribution in [0.4, 0.5) is 5.82 Å². The predicted molar refractivity (Wildman–Crippen MR) is 70.5 cm³/mol. The third-order valence-electron chi connectivity index (χ3n) is 2.93. The smallest absolute Gasteiger partial charge is 0.140 e. The van der Waals surface area contributed by atoms with E-state index >= 15 is 0 Å². The molecule has 3 nitrogen and oxygen atoms in total. The van der Waals surface area contributed by atoms with E-state index < -0.39 is 0 Å². The maximum absolute atomic E-state index is 6.04. The highest BCUT2D eigenvalue weighted by molar-refractivity contribution is 6.31. The van der Waals surface area contributed by atoms with Gasteiger partial charge in [0.05, 0.1) is 5.52 Å². The Balaban J connectivity index is 2.14. The molecule has 0 aliphatic carbocycles. The van der Waals surface area contributed by atoms with Crippen LogP contribution in [0.5, 0.6) is 0 Å². The summed E-state index contributed by atoms with van der Waals surface area (Å²) in [6, 6.07) is 5.73. The average Bonchev–Trinajstić information content (AvgIpc) is 2.39. The van der Waals surface area contributed by atoms with Gasteiger partial charge in [0.1, 0.15) is 12.1 Å². The van der Waals surface area contributed by atoms with Crippen LogP contribution < -0.4 is 4.90 Å². The van der Waals surface area contributed by atoms with Gasteiger partial charge in [-0.15, -0.1) is 0 Å². The number of halogens is 1. The minimum Gasteiger partial charge on any atom is -0.352 e. The molecule has 4 heteroatoms. The molecule has 0 bridgehead atoms. The summed E-state index contributed by atoms with van der Waals surface area (Å²) in [5, 5.41) is 1.75. The van der Waals surface area contributed by atoms with Gasteiger partial charge in [0.15, 0.2) is 0 Å². The van der Waals surface area contributed by atoms with Crippen molar-refractivity contribution in [2.45, 2.75) is 6.42 Å². The van der Waals surface area contributed by atoms with E-state index in [2.05, 4.69) is 27.0 Å². The van der Waals surface area contributed by atoms with E-state index in [-0.39, 0.29) is 0 Å². The summed E-state index contributed by atoms with van der Waals surface area (Å²) in [4.78, 5) is 10.9. The number of benzene rings is 1. The molecule has 17 heavy (non-hydrogen) atoms. The summed E-state index contributed by atoms with van der Waals surface area (Å²) < 4.78 is 0. The van der Waals surface area contributed by atoms with Gasteiger partial charge in [0.2, 0.25) is 0 Å². The first-order valence-corrected chi connectivity index (χ1v) is 6.02. The molecule has 0 amide bonds. The molecule has 2 heterocycles. The van der Waals surface area contributed by atoms with Crippen LogP contribution in [0.15, 0.2) is 36.7 Å². The van der Waals surface area contributed by atoms with E-state index in [9.17, 15) is 0 Å². The molecule has 2 aromatic rings. The first-order chi connectivity index (χ1) is 8.34. The van der Waals surface area contributed by atoms with Gasteiger partial charge in [0.25, 0.3) is 0 Å². The fourth-order valence-corrected chi connectivity index (χ4v) is 2.27. The fraction of sp³-hybridized carbons (Fsp3) is 0.231. The van der Waals surface area contributed by atoms with Crippen LogP contribution in [0.1, 0.15) is 6.42 Å². The van der Waals surface area contributed by atoms with E-state index in [0.717, 1.165) is 41.3 Å². The first-order valence-electron chi connectivity index (χ1n) is 5.65. The van der Waals surface area contributed by atoms with Crippen molar-refractivity contribution in [1.29, 1.82) is 0 Å². The van der Waals surface area contributed by atoms with Crippen LogP contribution in [-0.2, 0) is 0 Å². The standard InChI is InChI=1S/C13H12ClN3/c14-10-4-5-12-11(8-10)13(16-9-15-12)17-6-2-1-3-7-17/h1-2,4-5,8-9H,3,6-7H2. The Morgan fingerprint density at radius 1 is 1.18 bits per heavy atom. The lowest BCUT2D eigenvalue weighted by molar-refractivity contribution is 0.808. The predicted octanol–water partition coefficient (Wildman–Crippen LogP) is 3.05. The SMILES string of the molecule is Clc1ccc2ncnc(N3CC=CCC3)c2c1. The van der Waals surface area contributed by atoms with Crippen LogP contribution in [0, 0.1) is 0 Å². The van der Waals surface area contributed by atoms with E-state index in [1.165, 1.54) is 0 Å². The molecular weight excluding hydrogens is 234 g/mol. The monoisotopic (exact) mass is 245 g/mol. The van der Waals surface area contributed by atoms with Gasteiger partial charge < -0.3 is 4.90 Å². The van der Waals surface area contributed by atoms with Crippen molar-refractivity contribution in [3.8, 4) is 0 Å². The first kappa shape index (κ1) is 10.5. The third kappa shape index (κ3) is 1.98. The quantitative estimate of drug-likeness (QED) is 0.723. The number of aromatic nitrogens is 2. The Morgan fingerprint density at radius 3 is 2.94 bits per heavy atom. The van der Waals surface area contributed by atoms with Gasteiger partial charge in [-0.3, -0.25) is 0 Å². The van der Waals surface area contributed by atoms with Gasteiger partial charge in [-0.25, -0.2) is 9.97 Å². The number of hydrogen-bond donors (Lipinski definition) is 0. The Bertz CT molecular complexity index is 580. The lowest BCUT2D eigenvalue weighted by Crippen LogP contribution is -2.27. The summed E-state index contributed by atoms with van der Waals surface area (Å²) >= 11 is 6.04. The Hall–Kier alpha value is -1.61. The molecule has 1 aliphatic rings. The van der Waals surface area contributed by atoms with Crippen molar-refractivity contribution in [3.63, 3.8) is 0 Å². The van der Waals surface area contributed by atoms with E-state index in [1.807, 2.05) is 18.2 Å². The van der Waals surface area contributed by atoms with Crippen molar-refractivity contribution >= 4 is 28.3 Å². The summed E-state index contributed by atoms with van der Waals surface area (Å²) in [5.41, 5.74) is 0.939. The molecule has 0 N–H and O–H groups in total. The third-order valence-corrected chi connectivity index (χ3v) is 3.17. The highest BCUT2D eigenvalue weighted by atomic mass is 35.5. The van der Waals surface area contributed by atoms with Gasteiger partial charge in [-0.05, 0) is 24.6 Å². The normalized spacial score (nSPS) is 15.5. The lowest BCUT2D eigenvalue weighted by atomic mass is 10.2. The molecule has 0 unspecified atom stereocenters. The van der Waals surface area contributed by atoms with Gasteiger partial charge in [-0.2, -0.15) is 0 Å². The zero-order valence-electron chi connectivity index (χ0n) is 9.31. The number of nitrogens with zero attached hydrogens (tertiary/aromatic N) is 3. The van der Waals surface area contributed by atoms with Crippen molar-refractivity contribution in [2.24, 2.45) is 0 Å². The maximum Gasteiger partial charge on any atom is 0.140 e. The molecule has 0 saturated carbocycles. The second kappa shape index (κ2) is 4.34. The van der Waals surface area contributed by atoms with Gasteiger partial charge >= 0.3 is 0 Å². The number of hydrogen-bond acceptors (Lipinski definition) is 3. The average molecular weight is 246 g/mol. The summed E-state index contributed by atoms with van der Waals surface area (Å²) in [5.74, 6) is 0.974. The zero-order chi connectivity index (χ0) is 11.7. The molecular formula is C13H12ClN3. The molecule has 1 aromatic carbocycles. The Kier molecular flexibility index (Phi) is 2.69. The molecule has 1 aliphatic heterocycles. The molecule has 0 atom stereocenters. The number of fused-ring (bicyclic) bond motifs is 1.